The summed E-state index contributed by atoms with van der Waals surface area (Å²) < 4.78 is 41.9. The molecule has 2 N–H and O–H groups in total. The molecular weight excluding hydrogens is 655 g/mol. The van der Waals surface area contributed by atoms with E-state index >= 15 is 0 Å². The summed E-state index contributed by atoms with van der Waals surface area (Å²) in [6.45, 7) is 0.0394. The first-order chi connectivity index (χ1) is 20.1. The molecule has 13 heteroatoms. The maximum atomic E-state index is 13.1. The van der Waals surface area contributed by atoms with Gasteiger partial charge in [0.05, 0.1) is 28.6 Å². The zero-order valence-corrected chi connectivity index (χ0v) is 24.6. The molecule has 2 amide bonds. The van der Waals surface area contributed by atoms with E-state index in [9.17, 15) is 22.8 Å². The summed E-state index contributed by atoms with van der Waals surface area (Å²) in [5.74, 6) is -0.653. The van der Waals surface area contributed by atoms with Crippen LogP contribution >= 0.6 is 39.3 Å². The predicted octanol–water partition coefficient (Wildman–Crippen LogP) is 7.52. The molecule has 1 aromatic heterocycles. The second-order valence-electron chi connectivity index (χ2n) is 8.95. The van der Waals surface area contributed by atoms with Gasteiger partial charge in [0.25, 0.3) is 5.91 Å². The van der Waals surface area contributed by atoms with Crippen LogP contribution in [0.25, 0.3) is 16.5 Å². The summed E-state index contributed by atoms with van der Waals surface area (Å²) in [7, 11) is 0. The lowest BCUT2D eigenvalue weighted by molar-refractivity contribution is -0.137. The van der Waals surface area contributed by atoms with E-state index in [1.807, 2.05) is 60.7 Å². The third-order valence-corrected chi connectivity index (χ3v) is 7.91. The Morgan fingerprint density at radius 2 is 1.69 bits per heavy atom. The molecule has 0 saturated carbocycles. The first kappa shape index (κ1) is 29.6. The summed E-state index contributed by atoms with van der Waals surface area (Å²) in [4.78, 5) is 25.8. The van der Waals surface area contributed by atoms with Crippen LogP contribution in [0.1, 0.15) is 21.7 Å². The van der Waals surface area contributed by atoms with Crippen molar-refractivity contribution in [3.63, 3.8) is 0 Å². The number of alkyl halides is 3. The molecule has 7 nitrogen and oxygen atoms in total. The van der Waals surface area contributed by atoms with Gasteiger partial charge >= 0.3 is 6.18 Å². The number of carbonyl (C=O) groups is 2. The highest BCUT2D eigenvalue weighted by Gasteiger charge is 2.31. The molecule has 1 heterocycles. The molecule has 0 aliphatic carbocycles. The van der Waals surface area contributed by atoms with Crippen LogP contribution < -0.4 is 10.6 Å². The van der Waals surface area contributed by atoms with Gasteiger partial charge in [-0.3, -0.25) is 14.2 Å². The van der Waals surface area contributed by atoms with Crippen molar-refractivity contribution in [2.75, 3.05) is 11.1 Å². The van der Waals surface area contributed by atoms with Gasteiger partial charge in [0, 0.05) is 15.7 Å². The number of carbonyl (C=O) groups excluding carboxylic acids is 2. The minimum atomic E-state index is -4.58. The number of nitrogens with zero attached hydrogens (tertiary/aromatic N) is 3. The topological polar surface area (TPSA) is 88.9 Å². The fraction of sp³-hybridized carbons (Fsp3) is 0.103. The predicted molar refractivity (Wildman–Crippen MR) is 160 cm³/mol. The molecule has 5 aromatic rings. The fourth-order valence-electron chi connectivity index (χ4n) is 4.15. The number of halogens is 5. The van der Waals surface area contributed by atoms with Gasteiger partial charge < -0.3 is 10.6 Å². The SMILES string of the molecule is O=C(CSc1nnc(CNC(=O)c2cccc3ccccc23)n1-c1ccc(Br)cc1)Nc1cc(C(F)(F)F)ccc1Cl. The summed E-state index contributed by atoms with van der Waals surface area (Å²) in [5.41, 5.74) is 0.118. The Balaban J connectivity index is 1.34. The highest BCUT2D eigenvalue weighted by atomic mass is 79.9. The molecule has 0 aliphatic heterocycles. The quantitative estimate of drug-likeness (QED) is 0.166. The van der Waals surface area contributed by atoms with Crippen LogP contribution in [0.3, 0.4) is 0 Å². The molecule has 42 heavy (non-hydrogen) atoms. The Hall–Kier alpha value is -3.87. The van der Waals surface area contributed by atoms with E-state index in [-0.39, 0.29) is 28.9 Å². The van der Waals surface area contributed by atoms with Crippen molar-refractivity contribution in [2.24, 2.45) is 0 Å². The average Bonchev–Trinajstić information content (AvgIpc) is 3.38. The molecule has 0 bridgehead atoms. The number of benzene rings is 4. The van der Waals surface area contributed by atoms with E-state index in [0.717, 1.165) is 45.2 Å². The third kappa shape index (κ3) is 6.77. The Bertz CT molecular complexity index is 1770. The maximum Gasteiger partial charge on any atom is 0.416 e. The molecule has 0 unspecified atom stereocenters. The largest absolute Gasteiger partial charge is 0.416 e. The minimum Gasteiger partial charge on any atom is -0.345 e. The van der Waals surface area contributed by atoms with Gasteiger partial charge in [-0.05, 0) is 59.3 Å². The molecule has 0 radical (unpaired) electrons. The highest BCUT2D eigenvalue weighted by Crippen LogP contribution is 2.34. The van der Waals surface area contributed by atoms with Crippen molar-refractivity contribution < 1.29 is 22.8 Å². The van der Waals surface area contributed by atoms with Crippen molar-refractivity contribution in [2.45, 2.75) is 17.9 Å². The Labute approximate surface area is 255 Å². The van der Waals surface area contributed by atoms with Crippen LogP contribution in [0.2, 0.25) is 5.02 Å². The molecule has 0 fully saturated rings. The average molecular weight is 675 g/mol. The van der Waals surface area contributed by atoms with Gasteiger partial charge in [-0.2, -0.15) is 13.2 Å². The van der Waals surface area contributed by atoms with Crippen molar-refractivity contribution in [3.05, 3.63) is 111 Å². The van der Waals surface area contributed by atoms with Gasteiger partial charge in [0.1, 0.15) is 0 Å². The minimum absolute atomic E-state index is 0.0244. The molecular formula is C29H20BrClF3N5O2S. The van der Waals surface area contributed by atoms with E-state index in [1.54, 1.807) is 10.6 Å². The smallest absolute Gasteiger partial charge is 0.345 e. The number of aromatic nitrogens is 3. The second-order valence-corrected chi connectivity index (χ2v) is 11.2. The lowest BCUT2D eigenvalue weighted by Crippen LogP contribution is -2.25. The van der Waals surface area contributed by atoms with Crippen LogP contribution in [0.15, 0.2) is 94.6 Å². The maximum absolute atomic E-state index is 13.1. The number of hydrogen-bond acceptors (Lipinski definition) is 5. The number of nitrogens with one attached hydrogen (secondary N) is 2. The first-order valence-corrected chi connectivity index (χ1v) is 14.5. The standard InChI is InChI=1S/C29H20BrClF3N5O2S/c30-19-9-11-20(12-10-19)39-25(15-35-27(41)22-7-3-5-17-4-1-2-6-21(17)22)37-38-28(39)42-16-26(40)36-24-14-18(29(32,33)34)8-13-23(24)31/h1-14H,15-16H2,(H,35,41)(H,36,40). The van der Waals surface area contributed by atoms with Crippen molar-refractivity contribution >= 4 is 67.6 Å². The van der Waals surface area contributed by atoms with Crippen molar-refractivity contribution in [1.29, 1.82) is 0 Å². The summed E-state index contributed by atoms with van der Waals surface area (Å²) >= 11 is 10.5. The van der Waals surface area contributed by atoms with Crippen molar-refractivity contribution in [1.82, 2.24) is 20.1 Å². The van der Waals surface area contributed by atoms with Crippen LogP contribution in [-0.2, 0) is 17.5 Å². The fourth-order valence-corrected chi connectivity index (χ4v) is 5.35. The lowest BCUT2D eigenvalue weighted by Gasteiger charge is -2.13. The van der Waals surface area contributed by atoms with Crippen LogP contribution in [-0.4, -0.2) is 32.3 Å². The first-order valence-electron chi connectivity index (χ1n) is 12.4. The Morgan fingerprint density at radius 1 is 0.952 bits per heavy atom. The molecule has 214 valence electrons. The van der Waals surface area contributed by atoms with E-state index in [1.165, 1.54) is 0 Å². The number of fused-ring (bicyclic) bond motifs is 1. The molecule has 5 rings (SSSR count). The van der Waals surface area contributed by atoms with Crippen molar-refractivity contribution in [3.8, 4) is 5.69 Å². The molecule has 4 aromatic carbocycles. The summed E-state index contributed by atoms with van der Waals surface area (Å²) in [5, 5.41) is 15.9. The highest BCUT2D eigenvalue weighted by molar-refractivity contribution is 9.10. The summed E-state index contributed by atoms with van der Waals surface area (Å²) in [6, 6.07) is 23.0. The van der Waals surface area contributed by atoms with E-state index in [0.29, 0.717) is 22.2 Å². The molecule has 0 saturated heterocycles. The van der Waals surface area contributed by atoms with Gasteiger partial charge in [-0.1, -0.05) is 75.7 Å². The number of rotatable bonds is 8. The third-order valence-electron chi connectivity index (χ3n) is 6.13. The molecule has 0 aliphatic rings. The Morgan fingerprint density at radius 3 is 2.45 bits per heavy atom. The van der Waals surface area contributed by atoms with Gasteiger partial charge in [-0.25, -0.2) is 0 Å². The van der Waals surface area contributed by atoms with E-state index < -0.39 is 17.6 Å². The monoisotopic (exact) mass is 673 g/mol. The van der Waals surface area contributed by atoms with E-state index in [2.05, 4.69) is 36.8 Å². The lowest BCUT2D eigenvalue weighted by atomic mass is 10.0. The zero-order valence-electron chi connectivity index (χ0n) is 21.5. The zero-order chi connectivity index (χ0) is 29.9. The molecule has 0 spiro atoms. The van der Waals surface area contributed by atoms with Crippen LogP contribution in [0, 0.1) is 0 Å². The second kappa shape index (κ2) is 12.6. The summed E-state index contributed by atoms with van der Waals surface area (Å²) in [6.07, 6.45) is -4.58. The molecule has 0 atom stereocenters. The number of hydrogen-bond donors (Lipinski definition) is 2. The van der Waals surface area contributed by atoms with Crippen LogP contribution in [0.5, 0.6) is 0 Å². The Kier molecular flexibility index (Phi) is 8.85. The number of anilines is 1. The van der Waals surface area contributed by atoms with Gasteiger partial charge in [0.2, 0.25) is 5.91 Å². The normalized spacial score (nSPS) is 11.5. The number of thioether (sulfide) groups is 1. The van der Waals surface area contributed by atoms with Crippen LogP contribution in [0.4, 0.5) is 18.9 Å². The van der Waals surface area contributed by atoms with Gasteiger partial charge in [-0.15, -0.1) is 10.2 Å². The van der Waals surface area contributed by atoms with E-state index in [4.69, 9.17) is 11.6 Å². The number of amides is 2. The van der Waals surface area contributed by atoms with Gasteiger partial charge in [0.15, 0.2) is 11.0 Å².